The van der Waals surface area contributed by atoms with Gasteiger partial charge in [0.15, 0.2) is 17.3 Å². The van der Waals surface area contributed by atoms with Crippen molar-refractivity contribution < 1.29 is 9.47 Å². The first-order chi connectivity index (χ1) is 14.3. The van der Waals surface area contributed by atoms with Crippen LogP contribution in [0.3, 0.4) is 0 Å². The van der Waals surface area contributed by atoms with Gasteiger partial charge in [-0.2, -0.15) is 10.1 Å². The van der Waals surface area contributed by atoms with Gasteiger partial charge in [-0.15, -0.1) is 5.10 Å². The molecule has 4 heterocycles. The molecule has 0 radical (unpaired) electrons. The van der Waals surface area contributed by atoms with E-state index >= 15 is 0 Å². The molecule has 9 nitrogen and oxygen atoms in total. The number of piperazine rings is 1. The van der Waals surface area contributed by atoms with Crippen molar-refractivity contribution in [3.63, 3.8) is 0 Å². The molecule has 0 amide bonds. The Morgan fingerprint density at radius 1 is 0.966 bits per heavy atom. The largest absolute Gasteiger partial charge is 0.454 e. The number of rotatable bonds is 5. The summed E-state index contributed by atoms with van der Waals surface area (Å²) in [6.45, 7) is 4.28. The van der Waals surface area contributed by atoms with Crippen LogP contribution in [0.5, 0.6) is 11.5 Å². The molecule has 0 spiro atoms. The van der Waals surface area contributed by atoms with Gasteiger partial charge >= 0.3 is 0 Å². The van der Waals surface area contributed by atoms with Crippen LogP contribution in [0, 0.1) is 0 Å². The Kier molecular flexibility index (Phi) is 4.69. The molecule has 5 rings (SSSR count). The molecule has 0 saturated carbocycles. The van der Waals surface area contributed by atoms with E-state index in [0.717, 1.165) is 49.1 Å². The van der Waals surface area contributed by atoms with Crippen molar-refractivity contribution >= 4 is 17.6 Å². The predicted molar refractivity (Wildman–Crippen MR) is 108 cm³/mol. The molecule has 2 aliphatic heterocycles. The van der Waals surface area contributed by atoms with Crippen molar-refractivity contribution in [3.05, 3.63) is 54.4 Å². The number of nitrogens with one attached hydrogen (secondary N) is 1. The van der Waals surface area contributed by atoms with Gasteiger partial charge in [0.25, 0.3) is 0 Å². The third-order valence-corrected chi connectivity index (χ3v) is 4.99. The molecule has 1 aromatic carbocycles. The van der Waals surface area contributed by atoms with E-state index in [9.17, 15) is 0 Å². The highest BCUT2D eigenvalue weighted by Crippen LogP contribution is 2.32. The number of fused-ring (bicyclic) bond motifs is 1. The summed E-state index contributed by atoms with van der Waals surface area (Å²) in [7, 11) is 0. The minimum atomic E-state index is 0.277. The Labute approximate surface area is 168 Å². The van der Waals surface area contributed by atoms with Crippen LogP contribution in [-0.4, -0.2) is 53.1 Å². The van der Waals surface area contributed by atoms with E-state index in [2.05, 4.69) is 35.3 Å². The fourth-order valence-electron chi connectivity index (χ4n) is 3.43. The summed E-state index contributed by atoms with van der Waals surface area (Å²) >= 11 is 0. The molecular weight excluding hydrogens is 370 g/mol. The summed E-state index contributed by atoms with van der Waals surface area (Å²) in [4.78, 5) is 13.5. The molecule has 2 aliphatic rings. The molecule has 1 fully saturated rings. The maximum atomic E-state index is 5.43. The predicted octanol–water partition coefficient (Wildman–Crippen LogP) is 1.93. The van der Waals surface area contributed by atoms with E-state index in [1.165, 1.54) is 0 Å². The van der Waals surface area contributed by atoms with Gasteiger partial charge in [-0.25, -0.2) is 4.98 Å². The van der Waals surface area contributed by atoms with Gasteiger partial charge in [-0.05, 0) is 29.8 Å². The molecule has 1 N–H and O–H groups in total. The third kappa shape index (κ3) is 3.84. The first-order valence-corrected chi connectivity index (χ1v) is 9.58. The zero-order chi connectivity index (χ0) is 19.5. The first-order valence-electron chi connectivity index (χ1n) is 9.58. The lowest BCUT2D eigenvalue weighted by atomic mass is 10.2. The van der Waals surface area contributed by atoms with E-state index in [1.807, 2.05) is 42.6 Å². The molecule has 148 valence electrons. The molecule has 3 aromatic rings. The smallest absolute Gasteiger partial charge is 0.247 e. The fourth-order valence-corrected chi connectivity index (χ4v) is 3.43. The summed E-state index contributed by atoms with van der Waals surface area (Å²) in [5.74, 6) is 3.90. The lowest BCUT2D eigenvalue weighted by molar-refractivity contribution is 0.174. The monoisotopic (exact) mass is 391 g/mol. The molecule has 0 atom stereocenters. The van der Waals surface area contributed by atoms with Crippen LogP contribution in [0.25, 0.3) is 0 Å². The van der Waals surface area contributed by atoms with Crippen molar-refractivity contribution in [2.24, 2.45) is 0 Å². The van der Waals surface area contributed by atoms with Crippen molar-refractivity contribution in [2.45, 2.75) is 6.54 Å². The molecule has 9 heteroatoms. The van der Waals surface area contributed by atoms with Crippen LogP contribution < -0.4 is 24.6 Å². The minimum Gasteiger partial charge on any atom is -0.454 e. The molecule has 2 aromatic heterocycles. The van der Waals surface area contributed by atoms with Gasteiger partial charge in [0.2, 0.25) is 12.7 Å². The van der Waals surface area contributed by atoms with Crippen molar-refractivity contribution in [3.8, 4) is 11.5 Å². The zero-order valence-corrected chi connectivity index (χ0v) is 15.9. The molecular formula is C20H21N7O2. The van der Waals surface area contributed by atoms with Gasteiger partial charge in [0.1, 0.15) is 5.82 Å². The molecule has 0 bridgehead atoms. The Bertz CT molecular complexity index is 978. The average molecular weight is 391 g/mol. The maximum Gasteiger partial charge on any atom is 0.247 e. The van der Waals surface area contributed by atoms with Gasteiger partial charge in [0, 0.05) is 38.9 Å². The number of hydrogen-bond acceptors (Lipinski definition) is 9. The van der Waals surface area contributed by atoms with Crippen LogP contribution >= 0.6 is 0 Å². The van der Waals surface area contributed by atoms with Crippen LogP contribution in [0.4, 0.5) is 17.6 Å². The number of anilines is 3. The first kappa shape index (κ1) is 17.5. The van der Waals surface area contributed by atoms with Crippen LogP contribution in [0.1, 0.15) is 5.56 Å². The lowest BCUT2D eigenvalue weighted by Gasteiger charge is -2.35. The quantitative estimate of drug-likeness (QED) is 0.701. The highest BCUT2D eigenvalue weighted by molar-refractivity contribution is 5.47. The van der Waals surface area contributed by atoms with E-state index in [-0.39, 0.29) is 6.79 Å². The van der Waals surface area contributed by atoms with Gasteiger partial charge in [0.05, 0.1) is 6.20 Å². The Balaban J connectivity index is 1.20. The van der Waals surface area contributed by atoms with E-state index in [0.29, 0.717) is 18.3 Å². The van der Waals surface area contributed by atoms with Crippen molar-refractivity contribution in [1.82, 2.24) is 20.2 Å². The summed E-state index contributed by atoms with van der Waals surface area (Å²) < 4.78 is 10.8. The van der Waals surface area contributed by atoms with E-state index in [4.69, 9.17) is 9.47 Å². The Morgan fingerprint density at radius 2 is 1.83 bits per heavy atom. The van der Waals surface area contributed by atoms with Crippen LogP contribution in [0.15, 0.2) is 48.8 Å². The number of nitrogens with zero attached hydrogens (tertiary/aromatic N) is 6. The second-order valence-electron chi connectivity index (χ2n) is 6.84. The SMILES string of the molecule is c1ccc(N2CCN(c3nncc(NCc4ccc5c(c4)OCO5)n3)CC2)nc1. The van der Waals surface area contributed by atoms with Gasteiger partial charge in [-0.1, -0.05) is 12.1 Å². The lowest BCUT2D eigenvalue weighted by Crippen LogP contribution is -2.47. The van der Waals surface area contributed by atoms with Crippen LogP contribution in [0.2, 0.25) is 0 Å². The highest BCUT2D eigenvalue weighted by Gasteiger charge is 2.20. The number of pyridine rings is 1. The number of aromatic nitrogens is 4. The van der Waals surface area contributed by atoms with Crippen molar-refractivity contribution in [1.29, 1.82) is 0 Å². The molecule has 29 heavy (non-hydrogen) atoms. The standard InChI is InChI=1S/C20H21N7O2/c1-2-6-21-19(3-1)26-7-9-27(10-8-26)20-24-18(13-23-25-20)22-12-15-4-5-16-17(11-15)29-14-28-16/h1-6,11,13H,7-10,12,14H2,(H,22,24,25). The normalized spacial score (nSPS) is 15.4. The fraction of sp³-hybridized carbons (Fsp3) is 0.300. The second-order valence-corrected chi connectivity index (χ2v) is 6.84. The second kappa shape index (κ2) is 7.78. The molecule has 1 saturated heterocycles. The maximum absolute atomic E-state index is 5.43. The summed E-state index contributed by atoms with van der Waals surface area (Å²) in [6.07, 6.45) is 3.46. The molecule has 0 unspecified atom stereocenters. The topological polar surface area (TPSA) is 88.5 Å². The van der Waals surface area contributed by atoms with Gasteiger partial charge in [-0.3, -0.25) is 0 Å². The highest BCUT2D eigenvalue weighted by atomic mass is 16.7. The number of benzene rings is 1. The summed E-state index contributed by atoms with van der Waals surface area (Å²) in [5, 5.41) is 11.6. The molecule has 0 aliphatic carbocycles. The zero-order valence-electron chi connectivity index (χ0n) is 15.9. The third-order valence-electron chi connectivity index (χ3n) is 4.99. The Morgan fingerprint density at radius 3 is 2.69 bits per heavy atom. The Hall–Kier alpha value is -3.62. The van der Waals surface area contributed by atoms with Crippen LogP contribution in [-0.2, 0) is 6.54 Å². The minimum absolute atomic E-state index is 0.277. The average Bonchev–Trinajstić information content (AvgIpc) is 3.27. The van der Waals surface area contributed by atoms with Gasteiger partial charge < -0.3 is 24.6 Å². The summed E-state index contributed by atoms with van der Waals surface area (Å²) in [6, 6.07) is 11.9. The van der Waals surface area contributed by atoms with Crippen molar-refractivity contribution in [2.75, 3.05) is 48.1 Å². The number of hydrogen-bond donors (Lipinski definition) is 1. The number of ether oxygens (including phenoxy) is 2. The van der Waals surface area contributed by atoms with E-state index < -0.39 is 0 Å². The van der Waals surface area contributed by atoms with E-state index in [1.54, 1.807) is 6.20 Å². The summed E-state index contributed by atoms with van der Waals surface area (Å²) in [5.41, 5.74) is 1.08.